The Balaban J connectivity index is 1.53. The molecule has 1 aromatic carbocycles. The lowest BCUT2D eigenvalue weighted by molar-refractivity contribution is -0.124. The zero-order chi connectivity index (χ0) is 17.3. The maximum absolute atomic E-state index is 12.4. The molecule has 24 heavy (non-hydrogen) atoms. The number of phenols is 2. The molecule has 0 spiro atoms. The summed E-state index contributed by atoms with van der Waals surface area (Å²) in [5.74, 6) is 2.17. The molecule has 0 aromatic heterocycles. The molecular weight excluding hydrogens is 302 g/mol. The van der Waals surface area contributed by atoms with Crippen molar-refractivity contribution in [2.75, 3.05) is 0 Å². The van der Waals surface area contributed by atoms with Crippen LogP contribution in [0.15, 0.2) is 18.2 Å². The smallest absolute Gasteiger partial charge is 0.220 e. The second-order valence-corrected chi connectivity index (χ2v) is 8.38. The van der Waals surface area contributed by atoms with Crippen LogP contribution in [-0.4, -0.2) is 21.7 Å². The average Bonchev–Trinajstić information content (AvgIpc) is 2.46. The molecule has 0 saturated heterocycles. The number of carbonyl (C=O) groups excluding carboxylic acids is 1. The Morgan fingerprint density at radius 2 is 1.83 bits per heavy atom. The maximum Gasteiger partial charge on any atom is 0.220 e. The van der Waals surface area contributed by atoms with Crippen LogP contribution in [0.2, 0.25) is 0 Å². The van der Waals surface area contributed by atoms with Gasteiger partial charge in [0.25, 0.3) is 0 Å². The minimum atomic E-state index is -0.130. The quantitative estimate of drug-likeness (QED) is 0.736. The third-order valence-corrected chi connectivity index (χ3v) is 5.74. The van der Waals surface area contributed by atoms with Gasteiger partial charge in [-0.2, -0.15) is 0 Å². The van der Waals surface area contributed by atoms with Crippen LogP contribution in [0.4, 0.5) is 0 Å². The number of rotatable bonds is 4. The lowest BCUT2D eigenvalue weighted by Gasteiger charge is -2.47. The van der Waals surface area contributed by atoms with Gasteiger partial charge in [0, 0.05) is 12.0 Å². The van der Waals surface area contributed by atoms with E-state index in [1.165, 1.54) is 31.4 Å². The summed E-state index contributed by atoms with van der Waals surface area (Å²) in [7, 11) is 0. The fourth-order valence-electron chi connectivity index (χ4n) is 5.07. The molecule has 132 valence electrons. The summed E-state index contributed by atoms with van der Waals surface area (Å²) in [6.07, 6.45) is 7.11. The fourth-order valence-corrected chi connectivity index (χ4v) is 5.07. The van der Waals surface area contributed by atoms with Crippen molar-refractivity contribution in [1.82, 2.24) is 5.32 Å². The van der Waals surface area contributed by atoms with Crippen molar-refractivity contribution >= 4 is 5.91 Å². The van der Waals surface area contributed by atoms with E-state index in [0.717, 1.165) is 36.2 Å². The summed E-state index contributed by atoms with van der Waals surface area (Å²) in [5, 5.41) is 22.2. The highest BCUT2D eigenvalue weighted by Crippen LogP contribution is 2.46. The number of nitrogens with one attached hydrogen (secondary N) is 1. The first-order valence-corrected chi connectivity index (χ1v) is 9.15. The van der Waals surface area contributed by atoms with Gasteiger partial charge in [0.15, 0.2) is 11.5 Å². The molecule has 0 heterocycles. The molecule has 4 nitrogen and oxygen atoms in total. The first kappa shape index (κ1) is 17.1. The number of carbonyl (C=O) groups is 1. The third-order valence-electron chi connectivity index (χ3n) is 5.74. The van der Waals surface area contributed by atoms with E-state index in [2.05, 4.69) is 19.2 Å². The normalized spacial score (nSPS) is 32.3. The zero-order valence-electron chi connectivity index (χ0n) is 14.7. The molecule has 2 fully saturated rings. The lowest BCUT2D eigenvalue weighted by atomic mass is 9.62. The predicted molar refractivity (Wildman–Crippen MR) is 93.9 cm³/mol. The van der Waals surface area contributed by atoms with Gasteiger partial charge in [-0.3, -0.25) is 4.79 Å². The van der Waals surface area contributed by atoms with E-state index in [-0.39, 0.29) is 22.9 Å². The molecule has 0 radical (unpaired) electrons. The van der Waals surface area contributed by atoms with Gasteiger partial charge in [0.05, 0.1) is 0 Å². The molecule has 2 saturated carbocycles. The van der Waals surface area contributed by atoms with Crippen LogP contribution >= 0.6 is 0 Å². The summed E-state index contributed by atoms with van der Waals surface area (Å²) in [6.45, 7) is 4.56. The minimum absolute atomic E-state index is 0.0676. The van der Waals surface area contributed by atoms with Gasteiger partial charge in [-0.1, -0.05) is 13.0 Å². The van der Waals surface area contributed by atoms with E-state index in [1.807, 2.05) is 0 Å². The van der Waals surface area contributed by atoms with Crippen LogP contribution in [0, 0.1) is 17.8 Å². The Morgan fingerprint density at radius 3 is 2.46 bits per heavy atom. The SMILES string of the molecule is CC1CC2CC(C1)CC(C)(NC(=O)CCc1ccc(O)c(O)c1)C2. The minimum Gasteiger partial charge on any atom is -0.504 e. The first-order valence-electron chi connectivity index (χ1n) is 9.15. The molecule has 2 aliphatic rings. The van der Waals surface area contributed by atoms with Gasteiger partial charge in [-0.05, 0) is 80.9 Å². The summed E-state index contributed by atoms with van der Waals surface area (Å²) in [4.78, 5) is 12.4. The summed E-state index contributed by atoms with van der Waals surface area (Å²) in [5.41, 5.74) is 0.793. The Kier molecular flexibility index (Phi) is 4.75. The highest BCUT2D eigenvalue weighted by atomic mass is 16.3. The molecule has 1 amide bonds. The number of aromatic hydroxyl groups is 2. The number of amides is 1. The van der Waals surface area contributed by atoms with Gasteiger partial charge in [-0.15, -0.1) is 0 Å². The van der Waals surface area contributed by atoms with Crippen molar-refractivity contribution in [3.05, 3.63) is 23.8 Å². The van der Waals surface area contributed by atoms with Crippen molar-refractivity contribution in [2.45, 2.75) is 64.3 Å². The topological polar surface area (TPSA) is 69.6 Å². The molecule has 3 rings (SSSR count). The second-order valence-electron chi connectivity index (χ2n) is 8.38. The van der Waals surface area contributed by atoms with Crippen molar-refractivity contribution < 1.29 is 15.0 Å². The van der Waals surface area contributed by atoms with Crippen LogP contribution in [0.3, 0.4) is 0 Å². The van der Waals surface area contributed by atoms with E-state index in [4.69, 9.17) is 0 Å². The van der Waals surface area contributed by atoms with Gasteiger partial charge in [-0.25, -0.2) is 0 Å². The molecule has 2 unspecified atom stereocenters. The van der Waals surface area contributed by atoms with Crippen molar-refractivity contribution in [2.24, 2.45) is 17.8 Å². The largest absolute Gasteiger partial charge is 0.504 e. The lowest BCUT2D eigenvalue weighted by Crippen LogP contribution is -2.52. The van der Waals surface area contributed by atoms with Crippen molar-refractivity contribution in [1.29, 1.82) is 0 Å². The van der Waals surface area contributed by atoms with E-state index < -0.39 is 0 Å². The molecular formula is C20H29NO3. The van der Waals surface area contributed by atoms with Crippen LogP contribution in [0.25, 0.3) is 0 Å². The molecule has 4 heteroatoms. The standard InChI is InChI=1S/C20H29NO3/c1-13-7-15-9-16(8-13)12-20(2,11-15)21-19(24)6-4-14-3-5-17(22)18(23)10-14/h3,5,10,13,15-16,22-23H,4,6-9,11-12H2,1-2H3,(H,21,24). The highest BCUT2D eigenvalue weighted by Gasteiger charge is 2.41. The molecule has 3 N–H and O–H groups in total. The average molecular weight is 331 g/mol. The van der Waals surface area contributed by atoms with Crippen molar-refractivity contribution in [3.8, 4) is 11.5 Å². The second kappa shape index (κ2) is 6.66. The Morgan fingerprint density at radius 1 is 1.17 bits per heavy atom. The number of phenolic OH excluding ortho intramolecular Hbond substituents is 2. The summed E-state index contributed by atoms with van der Waals surface area (Å²) < 4.78 is 0. The Hall–Kier alpha value is -1.71. The number of hydrogen-bond donors (Lipinski definition) is 3. The van der Waals surface area contributed by atoms with E-state index in [1.54, 1.807) is 6.07 Å². The first-order chi connectivity index (χ1) is 11.3. The predicted octanol–water partition coefficient (Wildman–Crippen LogP) is 3.75. The molecule has 2 aliphatic carbocycles. The number of benzene rings is 1. The van der Waals surface area contributed by atoms with Crippen LogP contribution in [0.1, 0.15) is 57.9 Å². The molecule has 2 bridgehead atoms. The number of aryl methyl sites for hydroxylation is 1. The van der Waals surface area contributed by atoms with Crippen LogP contribution < -0.4 is 5.32 Å². The van der Waals surface area contributed by atoms with E-state index >= 15 is 0 Å². The van der Waals surface area contributed by atoms with Crippen molar-refractivity contribution in [3.63, 3.8) is 0 Å². The molecule has 0 aliphatic heterocycles. The Bertz CT molecular complexity index is 595. The highest BCUT2D eigenvalue weighted by molar-refractivity contribution is 5.77. The van der Waals surface area contributed by atoms with Gasteiger partial charge in [0.2, 0.25) is 5.91 Å². The molecule has 2 atom stereocenters. The van der Waals surface area contributed by atoms with Crippen LogP contribution in [0.5, 0.6) is 11.5 Å². The van der Waals surface area contributed by atoms with Gasteiger partial charge >= 0.3 is 0 Å². The summed E-state index contributed by atoms with van der Waals surface area (Å²) >= 11 is 0. The van der Waals surface area contributed by atoms with Crippen LogP contribution in [-0.2, 0) is 11.2 Å². The number of fused-ring (bicyclic) bond motifs is 2. The fraction of sp³-hybridized carbons (Fsp3) is 0.650. The molecule has 1 aromatic rings. The third kappa shape index (κ3) is 4.03. The van der Waals surface area contributed by atoms with E-state index in [0.29, 0.717) is 12.8 Å². The monoisotopic (exact) mass is 331 g/mol. The van der Waals surface area contributed by atoms with E-state index in [9.17, 15) is 15.0 Å². The summed E-state index contributed by atoms with van der Waals surface area (Å²) in [6, 6.07) is 4.74. The maximum atomic E-state index is 12.4. The Labute approximate surface area is 144 Å². The zero-order valence-corrected chi connectivity index (χ0v) is 14.7. The van der Waals surface area contributed by atoms with Gasteiger partial charge < -0.3 is 15.5 Å². The van der Waals surface area contributed by atoms with Gasteiger partial charge in [0.1, 0.15) is 0 Å². The number of hydrogen-bond acceptors (Lipinski definition) is 3.